The van der Waals surface area contributed by atoms with E-state index in [2.05, 4.69) is 25.2 Å². The molecule has 2 N–H and O–H groups in total. The van der Waals surface area contributed by atoms with Gasteiger partial charge in [-0.2, -0.15) is 0 Å². The summed E-state index contributed by atoms with van der Waals surface area (Å²) in [6.45, 7) is 4.26. The van der Waals surface area contributed by atoms with Gasteiger partial charge in [0.15, 0.2) is 0 Å². The average Bonchev–Trinajstić information content (AvgIpc) is 2.34. The van der Waals surface area contributed by atoms with Crippen molar-refractivity contribution in [3.05, 3.63) is 35.5 Å². The van der Waals surface area contributed by atoms with Crippen LogP contribution in [0.5, 0.6) is 5.75 Å². The van der Waals surface area contributed by atoms with Crippen LogP contribution in [0.15, 0.2) is 24.4 Å². The number of nitrogens with one attached hydrogen (secondary N) is 2. The molecule has 3 nitrogen and oxygen atoms in total. The van der Waals surface area contributed by atoms with Crippen molar-refractivity contribution in [2.24, 2.45) is 0 Å². The predicted molar refractivity (Wildman–Crippen MR) is 72.9 cm³/mol. The zero-order valence-electron chi connectivity index (χ0n) is 10.9. The highest BCUT2D eigenvalue weighted by molar-refractivity contribution is 6.09. The molecule has 17 heavy (non-hydrogen) atoms. The summed E-state index contributed by atoms with van der Waals surface area (Å²) in [5, 5.41) is 10.4. The summed E-state index contributed by atoms with van der Waals surface area (Å²) < 4.78 is 5.49. The van der Waals surface area contributed by atoms with Crippen LogP contribution in [0, 0.1) is 5.41 Å². The molecule has 0 spiro atoms. The van der Waals surface area contributed by atoms with Crippen molar-refractivity contribution in [1.82, 2.24) is 5.32 Å². The number of hydrogen-bond donors (Lipinski definition) is 2. The number of rotatable bonds is 5. The minimum atomic E-state index is 0.395. The third-order valence-electron chi connectivity index (χ3n) is 2.64. The van der Waals surface area contributed by atoms with Crippen LogP contribution in [0.4, 0.5) is 0 Å². The average molecular weight is 232 g/mol. The molecule has 0 amide bonds. The molecule has 0 aliphatic carbocycles. The highest BCUT2D eigenvalue weighted by Gasteiger charge is 2.13. The maximum atomic E-state index is 7.46. The summed E-state index contributed by atoms with van der Waals surface area (Å²) in [5.41, 5.74) is 2.92. The van der Waals surface area contributed by atoms with Gasteiger partial charge in [0.1, 0.15) is 5.75 Å². The van der Waals surface area contributed by atoms with Gasteiger partial charge in [-0.15, -0.1) is 0 Å². The molecule has 0 aromatic heterocycles. The number of hydrogen-bond acceptors (Lipinski definition) is 3. The van der Waals surface area contributed by atoms with Crippen LogP contribution in [-0.2, 0) is 0 Å². The van der Waals surface area contributed by atoms with Crippen molar-refractivity contribution in [2.75, 3.05) is 14.2 Å². The van der Waals surface area contributed by atoms with Gasteiger partial charge in [-0.25, -0.2) is 0 Å². The monoisotopic (exact) mass is 232 g/mol. The minimum absolute atomic E-state index is 0.395. The zero-order chi connectivity index (χ0) is 12.8. The molecule has 0 saturated heterocycles. The molecule has 1 aromatic carbocycles. The molecular formula is C14H20N2O. The smallest absolute Gasteiger partial charge is 0.130 e. The van der Waals surface area contributed by atoms with Crippen LogP contribution in [0.2, 0.25) is 0 Å². The van der Waals surface area contributed by atoms with Gasteiger partial charge >= 0.3 is 0 Å². The molecular weight excluding hydrogens is 212 g/mol. The fourth-order valence-electron chi connectivity index (χ4n) is 1.82. The second-order valence-electron chi connectivity index (χ2n) is 4.12. The lowest BCUT2D eigenvalue weighted by Crippen LogP contribution is -2.02. The van der Waals surface area contributed by atoms with E-state index in [0.29, 0.717) is 5.92 Å². The first-order valence-electron chi connectivity index (χ1n) is 5.70. The Morgan fingerprint density at radius 1 is 1.41 bits per heavy atom. The number of para-hydroxylation sites is 1. The Kier molecular flexibility index (Phi) is 4.76. The molecule has 0 radical (unpaired) electrons. The lowest BCUT2D eigenvalue weighted by Gasteiger charge is -2.16. The van der Waals surface area contributed by atoms with Gasteiger partial charge < -0.3 is 15.5 Å². The SMILES string of the molecule is CN/C=C(\C=N)c1cccc(C(C)C)c1OC. The Morgan fingerprint density at radius 3 is 2.59 bits per heavy atom. The lowest BCUT2D eigenvalue weighted by molar-refractivity contribution is 0.406. The Bertz CT molecular complexity index is 422. The van der Waals surface area contributed by atoms with Gasteiger partial charge in [0.05, 0.1) is 7.11 Å². The van der Waals surface area contributed by atoms with Gasteiger partial charge in [-0.3, -0.25) is 0 Å². The quantitative estimate of drug-likeness (QED) is 0.766. The third kappa shape index (κ3) is 2.87. The van der Waals surface area contributed by atoms with Gasteiger partial charge in [0, 0.05) is 30.6 Å². The molecule has 0 atom stereocenters. The Morgan fingerprint density at radius 2 is 2.12 bits per heavy atom. The van der Waals surface area contributed by atoms with Crippen molar-refractivity contribution >= 4 is 11.8 Å². The summed E-state index contributed by atoms with van der Waals surface area (Å²) in [5.74, 6) is 1.25. The van der Waals surface area contributed by atoms with E-state index in [1.54, 1.807) is 13.3 Å². The maximum Gasteiger partial charge on any atom is 0.130 e. The van der Waals surface area contributed by atoms with Crippen LogP contribution < -0.4 is 10.1 Å². The van der Waals surface area contributed by atoms with E-state index in [1.807, 2.05) is 19.2 Å². The van der Waals surface area contributed by atoms with Crippen molar-refractivity contribution in [3.8, 4) is 5.75 Å². The van der Waals surface area contributed by atoms with Crippen LogP contribution in [-0.4, -0.2) is 20.4 Å². The topological polar surface area (TPSA) is 45.1 Å². The fourth-order valence-corrected chi connectivity index (χ4v) is 1.82. The molecule has 0 heterocycles. The Hall–Kier alpha value is -1.77. The largest absolute Gasteiger partial charge is 0.496 e. The van der Waals surface area contributed by atoms with Gasteiger partial charge in [0.2, 0.25) is 0 Å². The first-order valence-corrected chi connectivity index (χ1v) is 5.70. The van der Waals surface area contributed by atoms with E-state index < -0.39 is 0 Å². The zero-order valence-corrected chi connectivity index (χ0v) is 10.9. The van der Waals surface area contributed by atoms with Gasteiger partial charge in [-0.05, 0) is 11.5 Å². The minimum Gasteiger partial charge on any atom is -0.496 e. The fraction of sp³-hybridized carbons (Fsp3) is 0.357. The van der Waals surface area contributed by atoms with Crippen molar-refractivity contribution in [3.63, 3.8) is 0 Å². The summed E-state index contributed by atoms with van der Waals surface area (Å²) in [4.78, 5) is 0. The second kappa shape index (κ2) is 6.09. The molecule has 92 valence electrons. The van der Waals surface area contributed by atoms with Crippen molar-refractivity contribution in [1.29, 1.82) is 5.41 Å². The molecule has 3 heteroatoms. The normalized spacial score (nSPS) is 11.5. The molecule has 0 aliphatic heterocycles. The first-order chi connectivity index (χ1) is 8.15. The third-order valence-corrected chi connectivity index (χ3v) is 2.64. The molecule has 0 saturated carbocycles. The van der Waals surface area contributed by atoms with E-state index in [9.17, 15) is 0 Å². The standard InChI is InChI=1S/C14H20N2O/c1-10(2)12-6-5-7-13(14(12)17-4)11(8-15)9-16-3/h5-10,15-16H,1-4H3/b11-9+,15-8?. The lowest BCUT2D eigenvalue weighted by atomic mass is 9.96. The van der Waals surface area contributed by atoms with Gasteiger partial charge in [0.25, 0.3) is 0 Å². The van der Waals surface area contributed by atoms with E-state index in [0.717, 1.165) is 22.4 Å². The van der Waals surface area contributed by atoms with Crippen LogP contribution in [0.25, 0.3) is 5.57 Å². The number of ether oxygens (including phenoxy) is 1. The van der Waals surface area contributed by atoms with E-state index in [4.69, 9.17) is 10.1 Å². The highest BCUT2D eigenvalue weighted by atomic mass is 16.5. The van der Waals surface area contributed by atoms with Crippen LogP contribution >= 0.6 is 0 Å². The van der Waals surface area contributed by atoms with E-state index in [-0.39, 0.29) is 0 Å². The molecule has 0 fully saturated rings. The Labute approximate surface area is 103 Å². The molecule has 0 bridgehead atoms. The first kappa shape index (κ1) is 13.3. The number of methoxy groups -OCH3 is 1. The van der Waals surface area contributed by atoms with Crippen molar-refractivity contribution < 1.29 is 4.74 Å². The highest BCUT2D eigenvalue weighted by Crippen LogP contribution is 2.33. The summed E-state index contributed by atoms with van der Waals surface area (Å²) >= 11 is 0. The van der Waals surface area contributed by atoms with E-state index >= 15 is 0 Å². The van der Waals surface area contributed by atoms with Crippen molar-refractivity contribution in [2.45, 2.75) is 19.8 Å². The Balaban J connectivity index is 3.37. The molecule has 0 aliphatic rings. The van der Waals surface area contributed by atoms with E-state index in [1.165, 1.54) is 6.21 Å². The second-order valence-corrected chi connectivity index (χ2v) is 4.12. The van der Waals surface area contributed by atoms with Crippen LogP contribution in [0.1, 0.15) is 30.9 Å². The number of allylic oxidation sites excluding steroid dienone is 1. The molecule has 1 rings (SSSR count). The molecule has 0 unspecified atom stereocenters. The number of benzene rings is 1. The molecule has 1 aromatic rings. The summed E-state index contributed by atoms with van der Waals surface area (Å²) in [7, 11) is 3.49. The summed E-state index contributed by atoms with van der Waals surface area (Å²) in [6, 6.07) is 6.03. The van der Waals surface area contributed by atoms with Gasteiger partial charge in [-0.1, -0.05) is 32.0 Å². The maximum absolute atomic E-state index is 7.46. The van der Waals surface area contributed by atoms with Crippen LogP contribution in [0.3, 0.4) is 0 Å². The predicted octanol–water partition coefficient (Wildman–Crippen LogP) is 3.03. The summed E-state index contributed by atoms with van der Waals surface area (Å²) in [6.07, 6.45) is 3.13.